The molecule has 0 aliphatic heterocycles. The van der Waals surface area contributed by atoms with Crippen molar-refractivity contribution in [3.8, 4) is 11.5 Å². The minimum atomic E-state index is 0.0325. The molecule has 1 aliphatic rings. The van der Waals surface area contributed by atoms with Crippen molar-refractivity contribution in [2.24, 2.45) is 10.8 Å². The molecule has 0 spiro atoms. The van der Waals surface area contributed by atoms with Crippen molar-refractivity contribution in [3.05, 3.63) is 23.3 Å². The largest absolute Gasteiger partial charge is 0.504 e. The van der Waals surface area contributed by atoms with Crippen LogP contribution in [0.2, 0.25) is 0 Å². The summed E-state index contributed by atoms with van der Waals surface area (Å²) in [5, 5.41) is 19.9. The Morgan fingerprint density at radius 2 is 1.32 bits per heavy atom. The third kappa shape index (κ3) is 8.05. The van der Waals surface area contributed by atoms with E-state index in [2.05, 4.69) is 27.7 Å². The lowest BCUT2D eigenvalue weighted by Crippen LogP contribution is -2.08. The number of aryl methyl sites for hydroxylation is 2. The molecule has 1 fully saturated rings. The van der Waals surface area contributed by atoms with Crippen LogP contribution in [0.4, 0.5) is 0 Å². The molecule has 2 nitrogen and oxygen atoms in total. The highest BCUT2D eigenvalue weighted by molar-refractivity contribution is 5.45. The number of aromatic hydroxyl groups is 2. The molecular weight excluding hydrogens is 344 g/mol. The molecule has 0 heterocycles. The molecule has 2 N–H and O–H groups in total. The van der Waals surface area contributed by atoms with Crippen LogP contribution in [0, 0.1) is 10.8 Å². The lowest BCUT2D eigenvalue weighted by Gasteiger charge is -2.22. The fourth-order valence-corrected chi connectivity index (χ4v) is 4.09. The average molecular weight is 389 g/mol. The molecule has 1 aliphatic carbocycles. The van der Waals surface area contributed by atoms with Crippen molar-refractivity contribution in [3.63, 3.8) is 0 Å². The van der Waals surface area contributed by atoms with Gasteiger partial charge in [-0.15, -0.1) is 0 Å². The highest BCUT2D eigenvalue weighted by Gasteiger charge is 2.35. The summed E-state index contributed by atoms with van der Waals surface area (Å²) in [7, 11) is 0. The SMILES string of the molecule is CCC(C)(C)CCCCCCc1cc(O)c(O)cc1CCCCCC1(C)CC1. The molecule has 2 rings (SSSR count). The summed E-state index contributed by atoms with van der Waals surface area (Å²) in [6.07, 6.45) is 17.6. The van der Waals surface area contributed by atoms with Gasteiger partial charge in [0, 0.05) is 0 Å². The lowest BCUT2D eigenvalue weighted by molar-refractivity contribution is 0.307. The molecule has 2 heteroatoms. The second kappa shape index (κ2) is 10.6. The fourth-order valence-electron chi connectivity index (χ4n) is 4.09. The summed E-state index contributed by atoms with van der Waals surface area (Å²) >= 11 is 0. The maximum Gasteiger partial charge on any atom is 0.157 e. The predicted octanol–water partition coefficient (Wildman–Crippen LogP) is 7.93. The van der Waals surface area contributed by atoms with Crippen LogP contribution in [0.5, 0.6) is 11.5 Å². The molecule has 160 valence electrons. The maximum atomic E-state index is 9.94. The molecule has 0 amide bonds. The van der Waals surface area contributed by atoms with Crippen LogP contribution in [0.1, 0.15) is 116 Å². The van der Waals surface area contributed by atoms with Crippen LogP contribution in [0.3, 0.4) is 0 Å². The third-order valence-electron chi connectivity index (χ3n) is 7.13. The summed E-state index contributed by atoms with van der Waals surface area (Å²) in [6.45, 7) is 9.42. The van der Waals surface area contributed by atoms with E-state index in [0.29, 0.717) is 10.8 Å². The van der Waals surface area contributed by atoms with Gasteiger partial charge in [0.05, 0.1) is 0 Å². The van der Waals surface area contributed by atoms with E-state index >= 15 is 0 Å². The Kier molecular flexibility index (Phi) is 8.71. The number of benzene rings is 1. The minimum Gasteiger partial charge on any atom is -0.504 e. The Morgan fingerprint density at radius 3 is 1.82 bits per heavy atom. The van der Waals surface area contributed by atoms with Gasteiger partial charge in [-0.05, 0) is 85.5 Å². The van der Waals surface area contributed by atoms with Gasteiger partial charge >= 0.3 is 0 Å². The zero-order chi connectivity index (χ0) is 20.6. The van der Waals surface area contributed by atoms with Gasteiger partial charge in [-0.2, -0.15) is 0 Å². The number of phenolic OH excluding ortho intramolecular Hbond substituents is 2. The first kappa shape index (κ1) is 23.1. The smallest absolute Gasteiger partial charge is 0.157 e. The summed E-state index contributed by atoms with van der Waals surface area (Å²) < 4.78 is 0. The average Bonchev–Trinajstić information content (AvgIpc) is 3.38. The van der Waals surface area contributed by atoms with Crippen LogP contribution in [0.25, 0.3) is 0 Å². The monoisotopic (exact) mass is 388 g/mol. The fraction of sp³-hybridized carbons (Fsp3) is 0.769. The van der Waals surface area contributed by atoms with Crippen molar-refractivity contribution in [2.45, 2.75) is 118 Å². The molecule has 0 saturated heterocycles. The molecule has 1 saturated carbocycles. The first-order valence-electron chi connectivity index (χ1n) is 11.8. The molecule has 0 aromatic heterocycles. The van der Waals surface area contributed by atoms with Gasteiger partial charge in [0.15, 0.2) is 11.5 Å². The van der Waals surface area contributed by atoms with Crippen LogP contribution >= 0.6 is 0 Å². The number of hydrogen-bond acceptors (Lipinski definition) is 2. The van der Waals surface area contributed by atoms with E-state index < -0.39 is 0 Å². The molecule has 1 aromatic rings. The van der Waals surface area contributed by atoms with Gasteiger partial charge in [-0.3, -0.25) is 0 Å². The van der Waals surface area contributed by atoms with Crippen molar-refractivity contribution in [2.75, 3.05) is 0 Å². The van der Waals surface area contributed by atoms with Gasteiger partial charge in [-0.25, -0.2) is 0 Å². The van der Waals surface area contributed by atoms with Crippen LogP contribution in [0.15, 0.2) is 12.1 Å². The molecule has 0 radical (unpaired) electrons. The normalized spacial score (nSPS) is 15.7. The highest BCUT2D eigenvalue weighted by atomic mass is 16.3. The zero-order valence-corrected chi connectivity index (χ0v) is 18.9. The summed E-state index contributed by atoms with van der Waals surface area (Å²) in [6, 6.07) is 3.60. The topological polar surface area (TPSA) is 40.5 Å². The van der Waals surface area contributed by atoms with Crippen molar-refractivity contribution in [1.29, 1.82) is 0 Å². The standard InChI is InChI=1S/C26H44O2/c1-5-25(2,3)15-11-7-6-9-13-21-19-23(27)24(28)20-22(21)14-10-8-12-16-26(4)17-18-26/h19-20,27-28H,5-18H2,1-4H3. The van der Waals surface area contributed by atoms with Crippen molar-refractivity contribution < 1.29 is 10.2 Å². The Morgan fingerprint density at radius 1 is 0.821 bits per heavy atom. The second-order valence-corrected chi connectivity index (χ2v) is 10.4. The van der Waals surface area contributed by atoms with Crippen LogP contribution < -0.4 is 0 Å². The van der Waals surface area contributed by atoms with Crippen molar-refractivity contribution >= 4 is 0 Å². The van der Waals surface area contributed by atoms with Crippen LogP contribution in [-0.2, 0) is 12.8 Å². The van der Waals surface area contributed by atoms with Crippen LogP contribution in [-0.4, -0.2) is 10.2 Å². The van der Waals surface area contributed by atoms with Gasteiger partial charge in [0.1, 0.15) is 0 Å². The predicted molar refractivity (Wildman–Crippen MR) is 120 cm³/mol. The summed E-state index contributed by atoms with van der Waals surface area (Å²) in [4.78, 5) is 0. The lowest BCUT2D eigenvalue weighted by atomic mass is 9.84. The van der Waals surface area contributed by atoms with E-state index in [1.807, 2.05) is 0 Å². The number of phenols is 2. The first-order valence-corrected chi connectivity index (χ1v) is 11.8. The minimum absolute atomic E-state index is 0.0325. The van der Waals surface area contributed by atoms with Gasteiger partial charge < -0.3 is 10.2 Å². The number of hydrogen-bond donors (Lipinski definition) is 2. The molecule has 0 unspecified atom stereocenters. The first-order chi connectivity index (χ1) is 13.2. The van der Waals surface area contributed by atoms with E-state index in [0.717, 1.165) is 12.8 Å². The van der Waals surface area contributed by atoms with Gasteiger partial charge in [-0.1, -0.05) is 66.2 Å². The van der Waals surface area contributed by atoms with E-state index in [4.69, 9.17) is 0 Å². The highest BCUT2D eigenvalue weighted by Crippen LogP contribution is 2.49. The molecule has 1 aromatic carbocycles. The number of rotatable bonds is 14. The Balaban J connectivity index is 1.72. The van der Waals surface area contributed by atoms with Gasteiger partial charge in [0.2, 0.25) is 0 Å². The molecular formula is C26H44O2. The zero-order valence-electron chi connectivity index (χ0n) is 18.9. The number of unbranched alkanes of at least 4 members (excludes halogenated alkanes) is 5. The Hall–Kier alpha value is -1.18. The van der Waals surface area contributed by atoms with E-state index in [1.165, 1.54) is 88.2 Å². The molecule has 0 bridgehead atoms. The third-order valence-corrected chi connectivity index (χ3v) is 7.13. The summed E-state index contributed by atoms with van der Waals surface area (Å²) in [5.74, 6) is 0.0659. The second-order valence-electron chi connectivity index (χ2n) is 10.4. The van der Waals surface area contributed by atoms with Crippen molar-refractivity contribution in [1.82, 2.24) is 0 Å². The Labute approximate surface area is 173 Å². The van der Waals surface area contributed by atoms with E-state index in [-0.39, 0.29) is 11.5 Å². The maximum absolute atomic E-state index is 9.94. The van der Waals surface area contributed by atoms with E-state index in [1.54, 1.807) is 12.1 Å². The van der Waals surface area contributed by atoms with Gasteiger partial charge in [0.25, 0.3) is 0 Å². The quantitative estimate of drug-likeness (QED) is 0.251. The molecule has 28 heavy (non-hydrogen) atoms. The summed E-state index contributed by atoms with van der Waals surface area (Å²) in [5.41, 5.74) is 3.61. The molecule has 0 atom stereocenters. The Bertz CT molecular complexity index is 599. The van der Waals surface area contributed by atoms with E-state index in [9.17, 15) is 10.2 Å².